The van der Waals surface area contributed by atoms with Crippen LogP contribution >= 0.6 is 0 Å². The highest BCUT2D eigenvalue weighted by atomic mass is 16.5. The first-order valence-electron chi connectivity index (χ1n) is 5.40. The maximum Gasteiger partial charge on any atom is 0.162 e. The predicted molar refractivity (Wildman–Crippen MR) is 66.8 cm³/mol. The zero-order valence-corrected chi connectivity index (χ0v) is 10.2. The van der Waals surface area contributed by atoms with Crippen molar-refractivity contribution in [3.05, 3.63) is 18.5 Å². The summed E-state index contributed by atoms with van der Waals surface area (Å²) in [7, 11) is 3.22. The van der Waals surface area contributed by atoms with Gasteiger partial charge in [0.15, 0.2) is 11.5 Å². The highest BCUT2D eigenvalue weighted by Gasteiger charge is 2.09. The minimum Gasteiger partial charge on any atom is -0.493 e. The van der Waals surface area contributed by atoms with Crippen LogP contribution < -0.4 is 14.8 Å². The number of nitrogens with zero attached hydrogens (tertiary/aromatic N) is 2. The average Bonchev–Trinajstić information content (AvgIpc) is 2.38. The molecule has 0 radical (unpaired) electrons. The molecule has 1 heterocycles. The van der Waals surface area contributed by atoms with Gasteiger partial charge in [-0.25, -0.2) is 9.97 Å². The molecule has 0 spiro atoms. The number of benzene rings is 1. The molecule has 1 aromatic carbocycles. The first-order valence-corrected chi connectivity index (χ1v) is 5.40. The third-order valence-electron chi connectivity index (χ3n) is 2.48. The van der Waals surface area contributed by atoms with Crippen LogP contribution in [-0.2, 0) is 0 Å². The van der Waals surface area contributed by atoms with Gasteiger partial charge in [-0.1, -0.05) is 0 Å². The van der Waals surface area contributed by atoms with Crippen molar-refractivity contribution in [1.82, 2.24) is 9.97 Å². The van der Waals surface area contributed by atoms with E-state index in [2.05, 4.69) is 15.3 Å². The van der Waals surface area contributed by atoms with E-state index in [0.717, 1.165) is 23.3 Å². The number of methoxy groups -OCH3 is 2. The van der Waals surface area contributed by atoms with E-state index in [9.17, 15) is 0 Å². The third-order valence-corrected chi connectivity index (χ3v) is 2.48. The normalized spacial score (nSPS) is 10.3. The largest absolute Gasteiger partial charge is 0.493 e. The van der Waals surface area contributed by atoms with Gasteiger partial charge in [-0.2, -0.15) is 0 Å². The van der Waals surface area contributed by atoms with Crippen molar-refractivity contribution < 1.29 is 9.47 Å². The fourth-order valence-corrected chi connectivity index (χ4v) is 1.69. The van der Waals surface area contributed by atoms with Crippen LogP contribution in [0.1, 0.15) is 6.92 Å². The van der Waals surface area contributed by atoms with Crippen molar-refractivity contribution in [2.24, 2.45) is 0 Å². The lowest BCUT2D eigenvalue weighted by Gasteiger charge is -2.11. The summed E-state index contributed by atoms with van der Waals surface area (Å²) >= 11 is 0. The summed E-state index contributed by atoms with van der Waals surface area (Å²) in [6.45, 7) is 2.83. The van der Waals surface area contributed by atoms with E-state index < -0.39 is 0 Å². The number of aromatic nitrogens is 2. The Bertz CT molecular complexity index is 528. The number of anilines is 1. The summed E-state index contributed by atoms with van der Waals surface area (Å²) in [6.07, 6.45) is 1.53. The fraction of sp³-hybridized carbons (Fsp3) is 0.333. The molecule has 1 aromatic heterocycles. The highest BCUT2D eigenvalue weighted by molar-refractivity contribution is 5.91. The van der Waals surface area contributed by atoms with E-state index in [1.165, 1.54) is 6.33 Å². The molecule has 0 fully saturated rings. The van der Waals surface area contributed by atoms with E-state index in [0.29, 0.717) is 11.5 Å². The average molecular weight is 233 g/mol. The van der Waals surface area contributed by atoms with E-state index in [4.69, 9.17) is 9.47 Å². The minimum atomic E-state index is 0.668. The molecule has 0 atom stereocenters. The standard InChI is InChI=1S/C12H15N3O2/c1-4-13-12-8-5-10(16-2)11(17-3)6-9(8)14-7-15-12/h5-7H,4H2,1-3H3,(H,13,14,15). The number of fused-ring (bicyclic) bond motifs is 1. The van der Waals surface area contributed by atoms with Gasteiger partial charge in [0.25, 0.3) is 0 Å². The Hall–Kier alpha value is -2.04. The summed E-state index contributed by atoms with van der Waals surface area (Å²) in [5, 5.41) is 4.11. The van der Waals surface area contributed by atoms with Gasteiger partial charge in [0.2, 0.25) is 0 Å². The zero-order chi connectivity index (χ0) is 12.3. The lowest BCUT2D eigenvalue weighted by atomic mass is 10.2. The minimum absolute atomic E-state index is 0.668. The van der Waals surface area contributed by atoms with Crippen LogP contribution in [0.15, 0.2) is 18.5 Å². The van der Waals surface area contributed by atoms with E-state index in [-0.39, 0.29) is 0 Å². The van der Waals surface area contributed by atoms with E-state index in [1.54, 1.807) is 14.2 Å². The second-order valence-electron chi connectivity index (χ2n) is 3.48. The molecule has 0 saturated carbocycles. The lowest BCUT2D eigenvalue weighted by Crippen LogP contribution is -2.01. The summed E-state index contributed by atoms with van der Waals surface area (Å²) in [5.74, 6) is 2.15. The molecule has 0 aliphatic rings. The van der Waals surface area contributed by atoms with Crippen molar-refractivity contribution in [3.63, 3.8) is 0 Å². The molecule has 2 aromatic rings. The maximum absolute atomic E-state index is 5.27. The number of rotatable bonds is 4. The van der Waals surface area contributed by atoms with Crippen molar-refractivity contribution in [1.29, 1.82) is 0 Å². The monoisotopic (exact) mass is 233 g/mol. The molecule has 0 saturated heterocycles. The van der Waals surface area contributed by atoms with Gasteiger partial charge in [-0.05, 0) is 13.0 Å². The van der Waals surface area contributed by atoms with Crippen LogP contribution in [0.4, 0.5) is 5.82 Å². The predicted octanol–water partition coefficient (Wildman–Crippen LogP) is 2.08. The summed E-state index contributed by atoms with van der Waals surface area (Å²) < 4.78 is 10.5. The van der Waals surface area contributed by atoms with Gasteiger partial charge in [0.1, 0.15) is 12.1 Å². The molecule has 2 rings (SSSR count). The number of hydrogen-bond acceptors (Lipinski definition) is 5. The van der Waals surface area contributed by atoms with Crippen LogP contribution in [0, 0.1) is 0 Å². The SMILES string of the molecule is CCNc1ncnc2cc(OC)c(OC)cc12. The van der Waals surface area contributed by atoms with Crippen molar-refractivity contribution >= 4 is 16.7 Å². The quantitative estimate of drug-likeness (QED) is 0.876. The smallest absolute Gasteiger partial charge is 0.162 e. The topological polar surface area (TPSA) is 56.3 Å². The van der Waals surface area contributed by atoms with Gasteiger partial charge >= 0.3 is 0 Å². The molecule has 0 unspecified atom stereocenters. The van der Waals surface area contributed by atoms with Gasteiger partial charge in [-0.3, -0.25) is 0 Å². The summed E-state index contributed by atoms with van der Waals surface area (Å²) in [5.41, 5.74) is 0.827. The molecule has 5 nitrogen and oxygen atoms in total. The molecule has 90 valence electrons. The molecule has 0 bridgehead atoms. The Morgan fingerprint density at radius 2 is 1.82 bits per heavy atom. The van der Waals surface area contributed by atoms with Gasteiger partial charge in [0, 0.05) is 18.0 Å². The molecule has 0 aliphatic carbocycles. The summed E-state index contributed by atoms with van der Waals surface area (Å²) in [6, 6.07) is 3.73. The van der Waals surface area contributed by atoms with Crippen LogP contribution in [0.5, 0.6) is 11.5 Å². The van der Waals surface area contributed by atoms with Crippen molar-refractivity contribution in [2.45, 2.75) is 6.92 Å². The van der Waals surface area contributed by atoms with Gasteiger partial charge < -0.3 is 14.8 Å². The summed E-state index contributed by atoms with van der Waals surface area (Å²) in [4.78, 5) is 8.43. The van der Waals surface area contributed by atoms with Gasteiger partial charge in [0.05, 0.1) is 19.7 Å². The van der Waals surface area contributed by atoms with Crippen LogP contribution in [0.3, 0.4) is 0 Å². The highest BCUT2D eigenvalue weighted by Crippen LogP contribution is 2.33. The molecule has 0 aliphatic heterocycles. The van der Waals surface area contributed by atoms with E-state index >= 15 is 0 Å². The first-order chi connectivity index (χ1) is 8.30. The van der Waals surface area contributed by atoms with Crippen LogP contribution in [-0.4, -0.2) is 30.7 Å². The molecule has 1 N–H and O–H groups in total. The molecule has 5 heteroatoms. The second-order valence-corrected chi connectivity index (χ2v) is 3.48. The number of ether oxygens (including phenoxy) is 2. The Balaban J connectivity index is 2.64. The first kappa shape index (κ1) is 11.4. The third kappa shape index (κ3) is 2.08. The Morgan fingerprint density at radius 3 is 2.47 bits per heavy atom. The van der Waals surface area contributed by atoms with E-state index in [1.807, 2.05) is 19.1 Å². The van der Waals surface area contributed by atoms with Crippen molar-refractivity contribution in [2.75, 3.05) is 26.1 Å². The second kappa shape index (κ2) is 4.86. The maximum atomic E-state index is 5.27. The fourth-order valence-electron chi connectivity index (χ4n) is 1.69. The van der Waals surface area contributed by atoms with Crippen LogP contribution in [0.2, 0.25) is 0 Å². The van der Waals surface area contributed by atoms with Gasteiger partial charge in [-0.15, -0.1) is 0 Å². The van der Waals surface area contributed by atoms with Crippen molar-refractivity contribution in [3.8, 4) is 11.5 Å². The molecule has 0 amide bonds. The Kier molecular flexibility index (Phi) is 3.27. The Morgan fingerprint density at radius 1 is 1.12 bits per heavy atom. The Labute approximate surface area is 99.8 Å². The zero-order valence-electron chi connectivity index (χ0n) is 10.2. The number of hydrogen-bond donors (Lipinski definition) is 1. The number of nitrogens with one attached hydrogen (secondary N) is 1. The molecule has 17 heavy (non-hydrogen) atoms. The molecular weight excluding hydrogens is 218 g/mol. The van der Waals surface area contributed by atoms with Crippen LogP contribution in [0.25, 0.3) is 10.9 Å². The molecular formula is C12H15N3O2. The lowest BCUT2D eigenvalue weighted by molar-refractivity contribution is 0.356.